The number of carbonyl (C=O) groups is 1. The number of nitrogens with zero attached hydrogens (tertiary/aromatic N) is 1. The van der Waals surface area contributed by atoms with Gasteiger partial charge in [-0.25, -0.2) is 4.98 Å². The summed E-state index contributed by atoms with van der Waals surface area (Å²) in [5.74, 6) is 0.629. The number of nitrogens with one attached hydrogen (secondary N) is 2. The number of carbonyl (C=O) groups excluding carboxylic acids is 1. The maximum Gasteiger partial charge on any atom is 0.244 e. The number of hydrogen-bond donors (Lipinski definition) is 2. The first-order valence-electron chi connectivity index (χ1n) is 4.47. The molecule has 14 heavy (non-hydrogen) atoms. The summed E-state index contributed by atoms with van der Waals surface area (Å²) in [7, 11) is 1.62. The summed E-state index contributed by atoms with van der Waals surface area (Å²) in [6, 6.07) is 5.53. The van der Waals surface area contributed by atoms with E-state index in [2.05, 4.69) is 15.6 Å². The quantitative estimate of drug-likeness (QED) is 0.753. The fourth-order valence-electron chi connectivity index (χ4n) is 1.13. The molecular weight excluding hydrogens is 178 g/mol. The van der Waals surface area contributed by atoms with E-state index in [1.807, 2.05) is 18.2 Å². The van der Waals surface area contributed by atoms with E-state index < -0.39 is 5.54 Å². The summed E-state index contributed by atoms with van der Waals surface area (Å²) in [6.07, 6.45) is 1.68. The molecular formula is C10H15N3O. The number of hydrogen-bond acceptors (Lipinski definition) is 3. The second-order valence-corrected chi connectivity index (χ2v) is 3.54. The zero-order valence-corrected chi connectivity index (χ0v) is 8.66. The highest BCUT2D eigenvalue weighted by Crippen LogP contribution is 2.11. The molecule has 76 valence electrons. The Morgan fingerprint density at radius 2 is 2.14 bits per heavy atom. The Morgan fingerprint density at radius 1 is 1.43 bits per heavy atom. The fourth-order valence-corrected chi connectivity index (χ4v) is 1.13. The topological polar surface area (TPSA) is 54.0 Å². The SMILES string of the molecule is CNC(=O)C(C)(C)Nc1ccccn1. The van der Waals surface area contributed by atoms with Crippen molar-refractivity contribution >= 4 is 11.7 Å². The van der Waals surface area contributed by atoms with Gasteiger partial charge in [-0.15, -0.1) is 0 Å². The van der Waals surface area contributed by atoms with Gasteiger partial charge in [0.25, 0.3) is 0 Å². The van der Waals surface area contributed by atoms with Crippen molar-refractivity contribution in [1.29, 1.82) is 0 Å². The van der Waals surface area contributed by atoms with Gasteiger partial charge >= 0.3 is 0 Å². The summed E-state index contributed by atoms with van der Waals surface area (Å²) in [5.41, 5.74) is -0.650. The average Bonchev–Trinajstić information content (AvgIpc) is 2.17. The molecule has 1 heterocycles. The monoisotopic (exact) mass is 193 g/mol. The Labute approximate surface area is 83.7 Å². The van der Waals surface area contributed by atoms with Crippen LogP contribution in [0.25, 0.3) is 0 Å². The molecule has 0 atom stereocenters. The van der Waals surface area contributed by atoms with Gasteiger partial charge in [0, 0.05) is 13.2 Å². The van der Waals surface area contributed by atoms with Gasteiger partial charge in [-0.1, -0.05) is 6.07 Å². The molecule has 0 fully saturated rings. The zero-order chi connectivity index (χ0) is 10.6. The second-order valence-electron chi connectivity index (χ2n) is 3.54. The first kappa shape index (κ1) is 10.5. The van der Waals surface area contributed by atoms with Crippen LogP contribution in [0.15, 0.2) is 24.4 Å². The average molecular weight is 193 g/mol. The van der Waals surface area contributed by atoms with Crippen molar-refractivity contribution in [1.82, 2.24) is 10.3 Å². The normalized spacial score (nSPS) is 10.8. The highest BCUT2D eigenvalue weighted by molar-refractivity contribution is 5.87. The molecule has 0 spiro atoms. The number of likely N-dealkylation sites (N-methyl/N-ethyl adjacent to an activating group) is 1. The van der Waals surface area contributed by atoms with Crippen molar-refractivity contribution < 1.29 is 4.79 Å². The van der Waals surface area contributed by atoms with Crippen molar-refractivity contribution in [3.8, 4) is 0 Å². The van der Waals surface area contributed by atoms with Crippen LogP contribution in [0.3, 0.4) is 0 Å². The highest BCUT2D eigenvalue weighted by atomic mass is 16.2. The van der Waals surface area contributed by atoms with E-state index in [1.54, 1.807) is 27.1 Å². The third kappa shape index (κ3) is 2.45. The van der Waals surface area contributed by atoms with Crippen LogP contribution < -0.4 is 10.6 Å². The second kappa shape index (κ2) is 4.09. The van der Waals surface area contributed by atoms with Gasteiger partial charge < -0.3 is 10.6 Å². The van der Waals surface area contributed by atoms with E-state index in [1.165, 1.54) is 0 Å². The Bertz CT molecular complexity index is 308. The third-order valence-electron chi connectivity index (χ3n) is 1.90. The molecule has 1 amide bonds. The lowest BCUT2D eigenvalue weighted by atomic mass is 10.1. The first-order valence-corrected chi connectivity index (χ1v) is 4.47. The molecule has 2 N–H and O–H groups in total. The van der Waals surface area contributed by atoms with Gasteiger partial charge in [0.2, 0.25) is 5.91 Å². The third-order valence-corrected chi connectivity index (χ3v) is 1.90. The minimum Gasteiger partial charge on any atom is -0.357 e. The van der Waals surface area contributed by atoms with Crippen LogP contribution in [0, 0.1) is 0 Å². The Morgan fingerprint density at radius 3 is 2.64 bits per heavy atom. The van der Waals surface area contributed by atoms with Crippen LogP contribution in [-0.2, 0) is 4.79 Å². The Balaban J connectivity index is 2.73. The lowest BCUT2D eigenvalue weighted by molar-refractivity contribution is -0.123. The molecule has 0 saturated carbocycles. The van der Waals surface area contributed by atoms with E-state index in [0.29, 0.717) is 5.82 Å². The lowest BCUT2D eigenvalue weighted by Gasteiger charge is -2.24. The first-order chi connectivity index (χ1) is 6.56. The van der Waals surface area contributed by atoms with Crippen LogP contribution in [0.1, 0.15) is 13.8 Å². The summed E-state index contributed by atoms with van der Waals surface area (Å²) in [4.78, 5) is 15.5. The molecule has 0 aliphatic heterocycles. The molecule has 1 rings (SSSR count). The highest BCUT2D eigenvalue weighted by Gasteiger charge is 2.26. The van der Waals surface area contributed by atoms with Crippen molar-refractivity contribution in [2.75, 3.05) is 12.4 Å². The summed E-state index contributed by atoms with van der Waals surface area (Å²) < 4.78 is 0. The molecule has 0 aliphatic rings. The van der Waals surface area contributed by atoms with Gasteiger partial charge in [0.1, 0.15) is 11.4 Å². The van der Waals surface area contributed by atoms with Crippen LogP contribution in [0.4, 0.5) is 5.82 Å². The molecule has 0 bridgehead atoms. The maximum absolute atomic E-state index is 11.4. The van der Waals surface area contributed by atoms with E-state index in [0.717, 1.165) is 0 Å². The smallest absolute Gasteiger partial charge is 0.244 e. The van der Waals surface area contributed by atoms with Gasteiger partial charge in [0.15, 0.2) is 0 Å². The maximum atomic E-state index is 11.4. The minimum absolute atomic E-state index is 0.0665. The standard InChI is InChI=1S/C10H15N3O/c1-10(2,9(14)11-3)13-8-6-4-5-7-12-8/h4-7H,1-3H3,(H,11,14)(H,12,13). The molecule has 4 nitrogen and oxygen atoms in total. The van der Waals surface area contributed by atoms with Crippen molar-refractivity contribution in [3.05, 3.63) is 24.4 Å². The molecule has 0 aliphatic carbocycles. The Kier molecular flexibility index (Phi) is 3.06. The number of amides is 1. The molecule has 1 aromatic heterocycles. The number of rotatable bonds is 3. The van der Waals surface area contributed by atoms with E-state index in [-0.39, 0.29) is 5.91 Å². The van der Waals surface area contributed by atoms with Crippen LogP contribution in [0.2, 0.25) is 0 Å². The largest absolute Gasteiger partial charge is 0.357 e. The molecule has 1 aromatic rings. The minimum atomic E-state index is -0.650. The van der Waals surface area contributed by atoms with Crippen LogP contribution in [0.5, 0.6) is 0 Å². The van der Waals surface area contributed by atoms with Gasteiger partial charge in [-0.3, -0.25) is 4.79 Å². The predicted molar refractivity (Wildman–Crippen MR) is 56.0 cm³/mol. The van der Waals surface area contributed by atoms with Gasteiger partial charge in [0.05, 0.1) is 0 Å². The molecule has 0 aromatic carbocycles. The van der Waals surface area contributed by atoms with Crippen LogP contribution in [-0.4, -0.2) is 23.5 Å². The molecule has 4 heteroatoms. The summed E-state index contributed by atoms with van der Waals surface area (Å²) in [5, 5.41) is 5.64. The van der Waals surface area contributed by atoms with Crippen molar-refractivity contribution in [2.45, 2.75) is 19.4 Å². The molecule has 0 unspecified atom stereocenters. The summed E-state index contributed by atoms with van der Waals surface area (Å²) >= 11 is 0. The predicted octanol–water partition coefficient (Wildman–Crippen LogP) is 1.02. The molecule has 0 radical (unpaired) electrons. The fraction of sp³-hybridized carbons (Fsp3) is 0.400. The molecule has 0 saturated heterocycles. The van der Waals surface area contributed by atoms with E-state index >= 15 is 0 Å². The van der Waals surface area contributed by atoms with E-state index in [9.17, 15) is 4.79 Å². The number of pyridine rings is 1. The van der Waals surface area contributed by atoms with Crippen LogP contribution >= 0.6 is 0 Å². The Hall–Kier alpha value is -1.58. The van der Waals surface area contributed by atoms with Crippen molar-refractivity contribution in [2.24, 2.45) is 0 Å². The zero-order valence-electron chi connectivity index (χ0n) is 8.66. The van der Waals surface area contributed by atoms with Gasteiger partial charge in [-0.2, -0.15) is 0 Å². The van der Waals surface area contributed by atoms with Crippen molar-refractivity contribution in [3.63, 3.8) is 0 Å². The number of aromatic nitrogens is 1. The number of anilines is 1. The summed E-state index contributed by atoms with van der Waals surface area (Å²) in [6.45, 7) is 3.61. The van der Waals surface area contributed by atoms with E-state index in [4.69, 9.17) is 0 Å². The lowest BCUT2D eigenvalue weighted by Crippen LogP contribution is -2.46. The van der Waals surface area contributed by atoms with Gasteiger partial charge in [-0.05, 0) is 26.0 Å².